The number of piperidine rings is 1. The van der Waals surface area contributed by atoms with Gasteiger partial charge in [0.2, 0.25) is 15.9 Å². The van der Waals surface area contributed by atoms with Crippen molar-refractivity contribution in [2.24, 2.45) is 5.92 Å². The Labute approximate surface area is 184 Å². The van der Waals surface area contributed by atoms with Gasteiger partial charge in [0.25, 0.3) is 0 Å². The number of aryl methyl sites for hydroxylation is 1. The Bertz CT molecular complexity index is 976. The third kappa shape index (κ3) is 5.84. The summed E-state index contributed by atoms with van der Waals surface area (Å²) in [5, 5.41) is 3.57. The number of amides is 1. The predicted molar refractivity (Wildman–Crippen MR) is 121 cm³/mol. The summed E-state index contributed by atoms with van der Waals surface area (Å²) in [7, 11) is -3.51. The fraction of sp³-hybridized carbons (Fsp3) is 0.435. The van der Waals surface area contributed by atoms with E-state index in [2.05, 4.69) is 24.4 Å². The molecule has 1 aliphatic heterocycles. The number of nitrogens with one attached hydrogen (secondary N) is 1. The predicted octanol–water partition coefficient (Wildman–Crippen LogP) is 4.32. The van der Waals surface area contributed by atoms with Crippen LogP contribution >= 0.6 is 11.6 Å². The van der Waals surface area contributed by atoms with Crippen LogP contribution in [0.4, 0.5) is 0 Å². The quantitative estimate of drug-likeness (QED) is 0.685. The second-order valence-corrected chi connectivity index (χ2v) is 10.3. The molecule has 2 aromatic rings. The molecule has 5 nitrogen and oxygen atoms in total. The van der Waals surface area contributed by atoms with Crippen LogP contribution in [0.25, 0.3) is 0 Å². The van der Waals surface area contributed by atoms with Crippen LogP contribution in [0.2, 0.25) is 5.02 Å². The van der Waals surface area contributed by atoms with Gasteiger partial charge in [-0.2, -0.15) is 0 Å². The summed E-state index contributed by atoms with van der Waals surface area (Å²) < 4.78 is 27.2. The van der Waals surface area contributed by atoms with Crippen LogP contribution in [0, 0.1) is 5.92 Å². The lowest BCUT2D eigenvalue weighted by Crippen LogP contribution is -2.46. The summed E-state index contributed by atoms with van der Waals surface area (Å²) >= 11 is 5.98. The highest BCUT2D eigenvalue weighted by Crippen LogP contribution is 2.24. The number of nitrogens with zero attached hydrogens (tertiary/aromatic N) is 1. The van der Waals surface area contributed by atoms with Gasteiger partial charge in [0, 0.05) is 18.1 Å². The topological polar surface area (TPSA) is 66.5 Å². The molecular weight excluding hydrogens is 420 g/mol. The van der Waals surface area contributed by atoms with Crippen LogP contribution in [-0.4, -0.2) is 31.7 Å². The molecule has 0 aliphatic carbocycles. The molecule has 0 saturated carbocycles. The minimum Gasteiger partial charge on any atom is -0.349 e. The number of rotatable bonds is 7. The lowest BCUT2D eigenvalue weighted by molar-refractivity contribution is -0.126. The molecule has 0 aromatic heterocycles. The standard InChI is InChI=1S/C23H29ClN2O3S/c1-3-18-9-11-20(12-10-18)17(2)25-23(27)21-7-5-13-26(15-21)30(28,29)16-19-6-4-8-22(24)14-19/h4,6,8-12,14,17,21H,3,5,7,13,15-16H2,1-2H3,(H,25,27)/t17-,21-/m1/s1. The Balaban J connectivity index is 1.62. The van der Waals surface area contributed by atoms with Gasteiger partial charge in [-0.05, 0) is 55.0 Å². The molecule has 162 valence electrons. The van der Waals surface area contributed by atoms with Gasteiger partial charge >= 0.3 is 0 Å². The molecule has 1 heterocycles. The van der Waals surface area contributed by atoms with E-state index in [1.54, 1.807) is 24.3 Å². The van der Waals surface area contributed by atoms with Gasteiger partial charge in [-0.3, -0.25) is 4.79 Å². The SMILES string of the molecule is CCc1ccc([C@@H](C)NC(=O)[C@@H]2CCCN(S(=O)(=O)Cc3cccc(Cl)c3)C2)cc1. The van der Waals surface area contributed by atoms with Gasteiger partial charge in [-0.25, -0.2) is 12.7 Å². The lowest BCUT2D eigenvalue weighted by atomic mass is 9.97. The molecule has 1 aliphatic rings. The van der Waals surface area contributed by atoms with Gasteiger partial charge in [0.1, 0.15) is 0 Å². The van der Waals surface area contributed by atoms with Crippen molar-refractivity contribution in [1.29, 1.82) is 0 Å². The highest BCUT2D eigenvalue weighted by molar-refractivity contribution is 7.88. The molecule has 0 radical (unpaired) electrons. The molecule has 2 atom stereocenters. The third-order valence-electron chi connectivity index (χ3n) is 5.63. The minimum atomic E-state index is -3.51. The zero-order valence-corrected chi connectivity index (χ0v) is 19.0. The molecule has 0 spiro atoms. The van der Waals surface area contributed by atoms with E-state index in [4.69, 9.17) is 11.6 Å². The summed E-state index contributed by atoms with van der Waals surface area (Å²) in [5.41, 5.74) is 2.95. The Kier molecular flexibility index (Phi) is 7.55. The summed E-state index contributed by atoms with van der Waals surface area (Å²) in [5.74, 6) is -0.544. The van der Waals surface area contributed by atoms with Crippen molar-refractivity contribution < 1.29 is 13.2 Å². The van der Waals surface area contributed by atoms with Gasteiger partial charge in [0.05, 0.1) is 17.7 Å². The van der Waals surface area contributed by atoms with Crippen LogP contribution in [0.5, 0.6) is 0 Å². The summed E-state index contributed by atoms with van der Waals surface area (Å²) in [6.07, 6.45) is 2.34. The first kappa shape index (κ1) is 22.8. The van der Waals surface area contributed by atoms with E-state index in [9.17, 15) is 13.2 Å². The third-order valence-corrected chi connectivity index (χ3v) is 7.68. The van der Waals surface area contributed by atoms with E-state index in [0.29, 0.717) is 30.0 Å². The van der Waals surface area contributed by atoms with E-state index >= 15 is 0 Å². The van der Waals surface area contributed by atoms with E-state index < -0.39 is 10.0 Å². The molecule has 30 heavy (non-hydrogen) atoms. The average molecular weight is 449 g/mol. The molecule has 7 heteroatoms. The zero-order chi connectivity index (χ0) is 21.7. The van der Waals surface area contributed by atoms with E-state index in [-0.39, 0.29) is 30.2 Å². The average Bonchev–Trinajstić information content (AvgIpc) is 2.73. The first-order valence-corrected chi connectivity index (χ1v) is 12.4. The van der Waals surface area contributed by atoms with E-state index in [1.165, 1.54) is 9.87 Å². The number of hydrogen-bond acceptors (Lipinski definition) is 3. The number of hydrogen-bond donors (Lipinski definition) is 1. The van der Waals surface area contributed by atoms with Crippen molar-refractivity contribution in [3.8, 4) is 0 Å². The van der Waals surface area contributed by atoms with E-state index in [1.807, 2.05) is 19.1 Å². The van der Waals surface area contributed by atoms with Crippen LogP contribution in [0.1, 0.15) is 49.4 Å². The molecule has 1 N–H and O–H groups in total. The van der Waals surface area contributed by atoms with Crippen molar-refractivity contribution in [3.05, 3.63) is 70.2 Å². The Morgan fingerprint density at radius 2 is 1.93 bits per heavy atom. The maximum atomic E-state index is 12.9. The molecule has 2 aromatic carbocycles. The van der Waals surface area contributed by atoms with Gasteiger partial charge in [0.15, 0.2) is 0 Å². The van der Waals surface area contributed by atoms with Crippen LogP contribution < -0.4 is 5.32 Å². The monoisotopic (exact) mass is 448 g/mol. The van der Waals surface area contributed by atoms with Gasteiger partial charge in [-0.15, -0.1) is 0 Å². The van der Waals surface area contributed by atoms with Crippen molar-refractivity contribution in [1.82, 2.24) is 9.62 Å². The fourth-order valence-corrected chi connectivity index (χ4v) is 5.60. The number of halogens is 1. The molecule has 1 fully saturated rings. The van der Waals surface area contributed by atoms with E-state index in [0.717, 1.165) is 12.0 Å². The Morgan fingerprint density at radius 1 is 1.20 bits per heavy atom. The summed E-state index contributed by atoms with van der Waals surface area (Å²) in [6.45, 7) is 4.72. The number of carbonyl (C=O) groups excluding carboxylic acids is 1. The molecule has 1 saturated heterocycles. The van der Waals surface area contributed by atoms with Gasteiger partial charge in [-0.1, -0.05) is 54.9 Å². The summed E-state index contributed by atoms with van der Waals surface area (Å²) in [6, 6.07) is 15.0. The number of sulfonamides is 1. The highest BCUT2D eigenvalue weighted by atomic mass is 35.5. The van der Waals surface area contributed by atoms with Crippen LogP contribution in [0.15, 0.2) is 48.5 Å². The summed E-state index contributed by atoms with van der Waals surface area (Å²) in [4.78, 5) is 12.8. The highest BCUT2D eigenvalue weighted by Gasteiger charge is 2.32. The van der Waals surface area contributed by atoms with Crippen LogP contribution in [0.3, 0.4) is 0 Å². The van der Waals surface area contributed by atoms with Crippen molar-refractivity contribution in [3.63, 3.8) is 0 Å². The minimum absolute atomic E-state index is 0.0928. The normalized spacial score (nSPS) is 18.7. The van der Waals surface area contributed by atoms with Crippen molar-refractivity contribution in [2.75, 3.05) is 13.1 Å². The van der Waals surface area contributed by atoms with Crippen molar-refractivity contribution >= 4 is 27.5 Å². The molecule has 1 amide bonds. The number of benzene rings is 2. The first-order chi connectivity index (χ1) is 14.3. The van der Waals surface area contributed by atoms with Gasteiger partial charge < -0.3 is 5.32 Å². The second-order valence-electron chi connectivity index (χ2n) is 7.91. The largest absolute Gasteiger partial charge is 0.349 e. The zero-order valence-electron chi connectivity index (χ0n) is 17.5. The van der Waals surface area contributed by atoms with Crippen LogP contribution in [-0.2, 0) is 27.0 Å². The van der Waals surface area contributed by atoms with Crippen molar-refractivity contribution in [2.45, 2.75) is 44.9 Å². The molecular formula is C23H29ClN2O3S. The second kappa shape index (κ2) is 9.94. The Hall–Kier alpha value is -1.89. The smallest absolute Gasteiger partial charge is 0.224 e. The maximum absolute atomic E-state index is 12.9. The fourth-order valence-electron chi connectivity index (χ4n) is 3.79. The molecule has 0 bridgehead atoms. The first-order valence-electron chi connectivity index (χ1n) is 10.4. The Morgan fingerprint density at radius 3 is 2.60 bits per heavy atom. The lowest BCUT2D eigenvalue weighted by Gasteiger charge is -2.32. The molecule has 3 rings (SSSR count). The maximum Gasteiger partial charge on any atom is 0.224 e. The molecule has 0 unspecified atom stereocenters. The number of carbonyl (C=O) groups is 1.